The minimum Gasteiger partial charge on any atom is -0.465 e. The fraction of sp³-hybridized carbons (Fsp3) is 0.214. The molecule has 20 heavy (non-hydrogen) atoms. The number of thioether (sulfide) groups is 1. The molecule has 104 valence electrons. The summed E-state index contributed by atoms with van der Waals surface area (Å²) < 4.78 is 4.70. The van der Waals surface area contributed by atoms with Crippen LogP contribution in [-0.4, -0.2) is 23.0 Å². The van der Waals surface area contributed by atoms with Gasteiger partial charge in [0.1, 0.15) is 5.82 Å². The minimum atomic E-state index is -0.340. The number of anilines is 1. The van der Waals surface area contributed by atoms with E-state index in [2.05, 4.69) is 9.97 Å². The van der Waals surface area contributed by atoms with E-state index in [1.54, 1.807) is 18.2 Å². The third-order valence-corrected chi connectivity index (χ3v) is 3.49. The highest BCUT2D eigenvalue weighted by Gasteiger charge is 2.07. The Balaban J connectivity index is 2.09. The normalized spacial score (nSPS) is 10.3. The lowest BCUT2D eigenvalue weighted by Crippen LogP contribution is -2.01. The van der Waals surface area contributed by atoms with E-state index >= 15 is 0 Å². The van der Waals surface area contributed by atoms with Gasteiger partial charge in [0.2, 0.25) is 0 Å². The van der Waals surface area contributed by atoms with Gasteiger partial charge in [-0.25, -0.2) is 14.8 Å². The first kappa shape index (κ1) is 14.3. The summed E-state index contributed by atoms with van der Waals surface area (Å²) in [4.78, 5) is 19.9. The molecule has 0 spiro atoms. The molecule has 0 aliphatic heterocycles. The van der Waals surface area contributed by atoms with Gasteiger partial charge in [-0.3, -0.25) is 0 Å². The van der Waals surface area contributed by atoms with Gasteiger partial charge in [0.25, 0.3) is 0 Å². The van der Waals surface area contributed by atoms with E-state index in [-0.39, 0.29) is 5.97 Å². The van der Waals surface area contributed by atoms with Gasteiger partial charge < -0.3 is 10.5 Å². The number of esters is 1. The van der Waals surface area contributed by atoms with Gasteiger partial charge in [0.05, 0.1) is 12.7 Å². The van der Waals surface area contributed by atoms with Crippen molar-refractivity contribution >= 4 is 23.5 Å². The molecule has 1 aromatic heterocycles. The van der Waals surface area contributed by atoms with Crippen molar-refractivity contribution < 1.29 is 9.53 Å². The SMILES string of the molecule is COC(=O)c1cccc(CSc2nc(C)cc(N)n2)c1. The highest BCUT2D eigenvalue weighted by molar-refractivity contribution is 7.98. The average molecular weight is 289 g/mol. The molecule has 0 radical (unpaired) electrons. The van der Waals surface area contributed by atoms with Crippen molar-refractivity contribution in [2.75, 3.05) is 12.8 Å². The Morgan fingerprint density at radius 2 is 2.15 bits per heavy atom. The first-order chi connectivity index (χ1) is 9.58. The first-order valence-corrected chi connectivity index (χ1v) is 6.98. The van der Waals surface area contributed by atoms with Crippen molar-refractivity contribution in [1.82, 2.24) is 9.97 Å². The Hall–Kier alpha value is -2.08. The molecule has 5 nitrogen and oxygen atoms in total. The molecule has 6 heteroatoms. The number of nitrogens with zero attached hydrogens (tertiary/aromatic N) is 2. The predicted molar refractivity (Wildman–Crippen MR) is 78.5 cm³/mol. The average Bonchev–Trinajstić information content (AvgIpc) is 2.43. The Kier molecular flexibility index (Phi) is 4.57. The van der Waals surface area contributed by atoms with E-state index < -0.39 is 0 Å². The summed E-state index contributed by atoms with van der Waals surface area (Å²) in [6.07, 6.45) is 0. The Labute approximate surface area is 121 Å². The van der Waals surface area contributed by atoms with Crippen LogP contribution < -0.4 is 5.73 Å². The van der Waals surface area contributed by atoms with E-state index in [9.17, 15) is 4.79 Å². The van der Waals surface area contributed by atoms with Crippen molar-refractivity contribution in [3.63, 3.8) is 0 Å². The summed E-state index contributed by atoms with van der Waals surface area (Å²) in [5.74, 6) is 0.782. The fourth-order valence-electron chi connectivity index (χ4n) is 1.68. The van der Waals surface area contributed by atoms with Crippen LogP contribution in [0.25, 0.3) is 0 Å². The second-order valence-corrected chi connectivity index (χ2v) is 5.14. The second-order valence-electron chi connectivity index (χ2n) is 4.20. The number of ether oxygens (including phenoxy) is 1. The van der Waals surface area contributed by atoms with Gasteiger partial charge in [-0.1, -0.05) is 23.9 Å². The van der Waals surface area contributed by atoms with Gasteiger partial charge in [-0.15, -0.1) is 0 Å². The summed E-state index contributed by atoms with van der Waals surface area (Å²) in [6, 6.07) is 9.02. The quantitative estimate of drug-likeness (QED) is 0.529. The fourth-order valence-corrected chi connectivity index (χ4v) is 2.54. The molecular formula is C14H15N3O2S. The number of benzene rings is 1. The maximum absolute atomic E-state index is 11.5. The molecule has 2 rings (SSSR count). The van der Waals surface area contributed by atoms with Crippen LogP contribution in [0.15, 0.2) is 35.5 Å². The number of carbonyl (C=O) groups is 1. The van der Waals surface area contributed by atoms with E-state index in [1.807, 2.05) is 19.1 Å². The molecule has 1 aromatic carbocycles. The van der Waals surface area contributed by atoms with Gasteiger partial charge >= 0.3 is 5.97 Å². The number of aromatic nitrogens is 2. The monoisotopic (exact) mass is 289 g/mol. The first-order valence-electron chi connectivity index (χ1n) is 5.99. The largest absolute Gasteiger partial charge is 0.465 e. The van der Waals surface area contributed by atoms with Crippen LogP contribution in [0, 0.1) is 6.92 Å². The summed E-state index contributed by atoms with van der Waals surface area (Å²) in [5.41, 5.74) is 8.06. The standard InChI is InChI=1S/C14H15N3O2S/c1-9-6-12(15)17-14(16-9)20-8-10-4-3-5-11(7-10)13(18)19-2/h3-7H,8H2,1-2H3,(H2,15,16,17). The molecule has 0 saturated carbocycles. The van der Waals surface area contributed by atoms with Crippen molar-refractivity contribution in [3.8, 4) is 0 Å². The molecule has 2 N–H and O–H groups in total. The van der Waals surface area contributed by atoms with Gasteiger partial charge in [0, 0.05) is 17.5 Å². The molecule has 2 aromatic rings. The number of nitrogen functional groups attached to an aromatic ring is 1. The lowest BCUT2D eigenvalue weighted by atomic mass is 10.1. The lowest BCUT2D eigenvalue weighted by Gasteiger charge is -2.05. The number of methoxy groups -OCH3 is 1. The molecule has 0 aliphatic rings. The second kappa shape index (κ2) is 6.38. The van der Waals surface area contributed by atoms with Crippen molar-refractivity contribution in [3.05, 3.63) is 47.2 Å². The Bertz CT molecular complexity index is 611. The maximum atomic E-state index is 11.5. The summed E-state index contributed by atoms with van der Waals surface area (Å²) in [5, 5.41) is 0.631. The molecule has 0 fully saturated rings. The van der Waals surface area contributed by atoms with Crippen LogP contribution in [0.4, 0.5) is 5.82 Å². The summed E-state index contributed by atoms with van der Waals surface area (Å²) >= 11 is 1.48. The number of rotatable bonds is 4. The summed E-state index contributed by atoms with van der Waals surface area (Å²) in [7, 11) is 1.37. The minimum absolute atomic E-state index is 0.340. The number of carbonyl (C=O) groups excluding carboxylic acids is 1. The predicted octanol–water partition coefficient (Wildman–Crippen LogP) is 2.45. The zero-order chi connectivity index (χ0) is 14.5. The van der Waals surface area contributed by atoms with Gasteiger partial charge in [0.15, 0.2) is 5.16 Å². The zero-order valence-corrected chi connectivity index (χ0v) is 12.1. The Morgan fingerprint density at radius 3 is 2.85 bits per heavy atom. The van der Waals surface area contributed by atoms with Crippen LogP contribution in [0.3, 0.4) is 0 Å². The van der Waals surface area contributed by atoms with Crippen molar-refractivity contribution in [2.24, 2.45) is 0 Å². The van der Waals surface area contributed by atoms with Crippen LogP contribution in [0.5, 0.6) is 0 Å². The van der Waals surface area contributed by atoms with Crippen LogP contribution in [0.2, 0.25) is 0 Å². The maximum Gasteiger partial charge on any atom is 0.337 e. The van der Waals surface area contributed by atoms with Crippen molar-refractivity contribution in [1.29, 1.82) is 0 Å². The van der Waals surface area contributed by atoms with Crippen LogP contribution >= 0.6 is 11.8 Å². The molecule has 0 amide bonds. The smallest absolute Gasteiger partial charge is 0.337 e. The third kappa shape index (κ3) is 3.71. The van der Waals surface area contributed by atoms with Gasteiger partial charge in [-0.05, 0) is 24.6 Å². The summed E-state index contributed by atoms with van der Waals surface area (Å²) in [6.45, 7) is 1.87. The van der Waals surface area contributed by atoms with E-state index in [0.717, 1.165) is 11.3 Å². The molecule has 0 saturated heterocycles. The van der Waals surface area contributed by atoms with Crippen LogP contribution in [0.1, 0.15) is 21.6 Å². The molecule has 0 unspecified atom stereocenters. The molecule has 0 atom stereocenters. The number of hydrogen-bond acceptors (Lipinski definition) is 6. The number of hydrogen-bond donors (Lipinski definition) is 1. The zero-order valence-electron chi connectivity index (χ0n) is 11.3. The third-order valence-electron chi connectivity index (χ3n) is 2.57. The Morgan fingerprint density at radius 1 is 1.35 bits per heavy atom. The molecular weight excluding hydrogens is 274 g/mol. The van der Waals surface area contributed by atoms with E-state index in [4.69, 9.17) is 10.5 Å². The molecule has 1 heterocycles. The van der Waals surface area contributed by atoms with E-state index in [0.29, 0.717) is 22.3 Å². The lowest BCUT2D eigenvalue weighted by molar-refractivity contribution is 0.0600. The number of aryl methyl sites for hydroxylation is 1. The van der Waals surface area contributed by atoms with Gasteiger partial charge in [-0.2, -0.15) is 0 Å². The molecule has 0 aliphatic carbocycles. The highest BCUT2D eigenvalue weighted by Crippen LogP contribution is 2.21. The van der Waals surface area contributed by atoms with E-state index in [1.165, 1.54) is 18.9 Å². The highest BCUT2D eigenvalue weighted by atomic mass is 32.2. The molecule has 0 bridgehead atoms. The van der Waals surface area contributed by atoms with Crippen LogP contribution in [-0.2, 0) is 10.5 Å². The number of nitrogens with two attached hydrogens (primary N) is 1. The van der Waals surface area contributed by atoms with Crippen molar-refractivity contribution in [2.45, 2.75) is 17.8 Å². The topological polar surface area (TPSA) is 78.1 Å².